The highest BCUT2D eigenvalue weighted by molar-refractivity contribution is 5.95. The topological polar surface area (TPSA) is 55.8 Å². The second-order valence-corrected chi connectivity index (χ2v) is 4.98. The van der Waals surface area contributed by atoms with E-state index in [1.54, 1.807) is 4.90 Å². The van der Waals surface area contributed by atoms with Gasteiger partial charge in [0.05, 0.1) is 13.5 Å². The summed E-state index contributed by atoms with van der Waals surface area (Å²) in [5, 5.41) is 0. The molecule has 1 amide bonds. The van der Waals surface area contributed by atoms with Crippen LogP contribution in [0.25, 0.3) is 0 Å². The molecule has 1 aromatic carbocycles. The maximum Gasteiger partial charge on any atom is 0.307 e. The molecule has 0 bridgehead atoms. The van der Waals surface area contributed by atoms with Gasteiger partial charge in [-0.15, -0.1) is 0 Å². The molecule has 0 N–H and O–H groups in total. The number of rotatable bonds is 9. The molecule has 0 fully saturated rings. The normalized spacial score (nSPS) is 10.3. The van der Waals surface area contributed by atoms with E-state index in [9.17, 15) is 9.59 Å². The van der Waals surface area contributed by atoms with Crippen molar-refractivity contribution in [1.29, 1.82) is 0 Å². The van der Waals surface area contributed by atoms with E-state index >= 15 is 0 Å². The number of amides is 1. The Morgan fingerprint density at radius 1 is 1.18 bits per heavy atom. The molecule has 0 aliphatic rings. The van der Waals surface area contributed by atoms with Gasteiger partial charge < -0.3 is 14.4 Å². The van der Waals surface area contributed by atoms with E-state index in [1.165, 1.54) is 7.11 Å². The Morgan fingerprint density at radius 2 is 1.91 bits per heavy atom. The summed E-state index contributed by atoms with van der Waals surface area (Å²) in [5.41, 5.74) is 1.60. The molecule has 122 valence electrons. The average Bonchev–Trinajstić information content (AvgIpc) is 2.53. The maximum absolute atomic E-state index is 12.7. The predicted molar refractivity (Wildman–Crippen MR) is 84.8 cm³/mol. The molecule has 0 saturated carbocycles. The molecule has 1 rings (SSSR count). The number of benzene rings is 1. The summed E-state index contributed by atoms with van der Waals surface area (Å²) in [6.07, 6.45) is 0.940. The van der Waals surface area contributed by atoms with Crippen molar-refractivity contribution in [2.75, 3.05) is 33.4 Å². The largest absolute Gasteiger partial charge is 0.469 e. The van der Waals surface area contributed by atoms with Crippen LogP contribution in [0.2, 0.25) is 0 Å². The van der Waals surface area contributed by atoms with Gasteiger partial charge >= 0.3 is 5.97 Å². The molecule has 22 heavy (non-hydrogen) atoms. The van der Waals surface area contributed by atoms with Gasteiger partial charge in [-0.2, -0.15) is 0 Å². The Balaban J connectivity index is 2.72. The highest BCUT2D eigenvalue weighted by Crippen LogP contribution is 2.11. The molecule has 0 spiro atoms. The van der Waals surface area contributed by atoms with E-state index in [-0.39, 0.29) is 18.3 Å². The minimum absolute atomic E-state index is 0.0569. The van der Waals surface area contributed by atoms with Crippen molar-refractivity contribution in [3.63, 3.8) is 0 Å². The van der Waals surface area contributed by atoms with E-state index in [0.717, 1.165) is 12.0 Å². The van der Waals surface area contributed by atoms with E-state index in [4.69, 9.17) is 4.74 Å². The Bertz CT molecular complexity index is 487. The number of carbonyl (C=O) groups is 2. The third-order valence-electron chi connectivity index (χ3n) is 3.40. The van der Waals surface area contributed by atoms with Crippen LogP contribution in [-0.4, -0.2) is 50.2 Å². The predicted octanol–water partition coefficient (Wildman–Crippen LogP) is 2.43. The van der Waals surface area contributed by atoms with Gasteiger partial charge in [-0.1, -0.05) is 18.2 Å². The Hall–Kier alpha value is -1.88. The minimum Gasteiger partial charge on any atom is -0.469 e. The third kappa shape index (κ3) is 5.85. The summed E-state index contributed by atoms with van der Waals surface area (Å²) in [7, 11) is 1.35. The molecular weight excluding hydrogens is 282 g/mol. The van der Waals surface area contributed by atoms with Gasteiger partial charge in [-0.3, -0.25) is 9.59 Å². The lowest BCUT2D eigenvalue weighted by molar-refractivity contribution is -0.140. The first-order valence-electron chi connectivity index (χ1n) is 7.59. The van der Waals surface area contributed by atoms with Crippen LogP contribution in [0, 0.1) is 6.92 Å². The fourth-order valence-electron chi connectivity index (χ4n) is 2.13. The first-order valence-corrected chi connectivity index (χ1v) is 7.59. The monoisotopic (exact) mass is 307 g/mol. The number of ether oxygens (including phenoxy) is 2. The van der Waals surface area contributed by atoms with E-state index in [1.807, 2.05) is 38.1 Å². The van der Waals surface area contributed by atoms with Crippen molar-refractivity contribution < 1.29 is 19.1 Å². The SMILES string of the molecule is CCOCCCN(CCC(=O)OC)C(=O)c1ccccc1C. The first-order chi connectivity index (χ1) is 10.6. The zero-order valence-electron chi connectivity index (χ0n) is 13.6. The quantitative estimate of drug-likeness (QED) is 0.519. The van der Waals surface area contributed by atoms with Crippen LogP contribution >= 0.6 is 0 Å². The van der Waals surface area contributed by atoms with Crippen molar-refractivity contribution >= 4 is 11.9 Å². The average molecular weight is 307 g/mol. The van der Waals surface area contributed by atoms with Crippen molar-refractivity contribution in [1.82, 2.24) is 4.90 Å². The van der Waals surface area contributed by atoms with Gasteiger partial charge in [0.25, 0.3) is 5.91 Å². The number of methoxy groups -OCH3 is 1. The number of nitrogens with zero attached hydrogens (tertiary/aromatic N) is 1. The molecule has 0 unspecified atom stereocenters. The second-order valence-electron chi connectivity index (χ2n) is 4.98. The number of aryl methyl sites for hydroxylation is 1. The van der Waals surface area contributed by atoms with Crippen molar-refractivity contribution in [2.45, 2.75) is 26.7 Å². The van der Waals surface area contributed by atoms with Crippen LogP contribution in [-0.2, 0) is 14.3 Å². The summed E-state index contributed by atoms with van der Waals surface area (Å²) in [6.45, 7) is 6.02. The van der Waals surface area contributed by atoms with Crippen LogP contribution in [0.1, 0.15) is 35.7 Å². The highest BCUT2D eigenvalue weighted by Gasteiger charge is 2.18. The number of hydrogen-bond donors (Lipinski definition) is 0. The Kier molecular flexibility index (Phi) is 8.22. The second kappa shape index (κ2) is 9.95. The van der Waals surface area contributed by atoms with Gasteiger partial charge in [0.2, 0.25) is 0 Å². The molecule has 5 nitrogen and oxygen atoms in total. The van der Waals surface area contributed by atoms with Gasteiger partial charge in [0.15, 0.2) is 0 Å². The van der Waals surface area contributed by atoms with Gasteiger partial charge in [-0.25, -0.2) is 0 Å². The number of esters is 1. The minimum atomic E-state index is -0.313. The fraction of sp³-hybridized carbons (Fsp3) is 0.529. The summed E-state index contributed by atoms with van der Waals surface area (Å²) in [6, 6.07) is 7.47. The molecular formula is C17H25NO4. The Labute approximate surface area is 132 Å². The summed E-state index contributed by atoms with van der Waals surface area (Å²) >= 11 is 0. The molecule has 0 atom stereocenters. The highest BCUT2D eigenvalue weighted by atomic mass is 16.5. The molecule has 0 heterocycles. The zero-order valence-corrected chi connectivity index (χ0v) is 13.6. The molecule has 5 heteroatoms. The summed E-state index contributed by atoms with van der Waals surface area (Å²) < 4.78 is 9.96. The smallest absolute Gasteiger partial charge is 0.307 e. The maximum atomic E-state index is 12.7. The van der Waals surface area contributed by atoms with Gasteiger partial charge in [0, 0.05) is 31.9 Å². The number of hydrogen-bond acceptors (Lipinski definition) is 4. The summed E-state index contributed by atoms with van der Waals surface area (Å²) in [4.78, 5) is 25.7. The molecule has 0 aliphatic heterocycles. The number of carbonyl (C=O) groups excluding carboxylic acids is 2. The van der Waals surface area contributed by atoms with Crippen molar-refractivity contribution in [3.05, 3.63) is 35.4 Å². The standard InChI is InChI=1S/C17H25NO4/c1-4-22-13-7-11-18(12-10-16(19)21-3)17(20)15-9-6-5-8-14(15)2/h5-6,8-9H,4,7,10-13H2,1-3H3. The van der Waals surface area contributed by atoms with E-state index < -0.39 is 0 Å². The molecule has 0 radical (unpaired) electrons. The van der Waals surface area contributed by atoms with Crippen LogP contribution < -0.4 is 0 Å². The van der Waals surface area contributed by atoms with Gasteiger partial charge in [0.1, 0.15) is 0 Å². The van der Waals surface area contributed by atoms with Gasteiger partial charge in [-0.05, 0) is 31.9 Å². The lowest BCUT2D eigenvalue weighted by Gasteiger charge is -2.23. The lowest BCUT2D eigenvalue weighted by atomic mass is 10.1. The van der Waals surface area contributed by atoms with E-state index in [0.29, 0.717) is 31.9 Å². The Morgan fingerprint density at radius 3 is 2.55 bits per heavy atom. The van der Waals surface area contributed by atoms with Crippen LogP contribution in [0.15, 0.2) is 24.3 Å². The van der Waals surface area contributed by atoms with Crippen LogP contribution in [0.3, 0.4) is 0 Å². The van der Waals surface area contributed by atoms with E-state index in [2.05, 4.69) is 4.74 Å². The first kappa shape index (κ1) is 18.2. The van der Waals surface area contributed by atoms with Crippen molar-refractivity contribution in [3.8, 4) is 0 Å². The molecule has 0 saturated heterocycles. The van der Waals surface area contributed by atoms with Crippen molar-refractivity contribution in [2.24, 2.45) is 0 Å². The lowest BCUT2D eigenvalue weighted by Crippen LogP contribution is -2.35. The van der Waals surface area contributed by atoms with Crippen LogP contribution in [0.5, 0.6) is 0 Å². The molecule has 0 aliphatic carbocycles. The fourth-order valence-corrected chi connectivity index (χ4v) is 2.13. The third-order valence-corrected chi connectivity index (χ3v) is 3.40. The van der Waals surface area contributed by atoms with Crippen LogP contribution in [0.4, 0.5) is 0 Å². The molecule has 0 aromatic heterocycles. The zero-order chi connectivity index (χ0) is 16.4. The molecule has 1 aromatic rings. The summed E-state index contributed by atoms with van der Waals surface area (Å²) in [5.74, 6) is -0.370.